The fraction of sp³-hybridized carbons (Fsp3) is 0.250. The number of allylic oxidation sites excluding steroid dienone is 4. The normalized spacial score (nSPS) is 13.1. The van der Waals surface area contributed by atoms with E-state index in [1.165, 1.54) is 11.1 Å². The largest absolute Gasteiger partial charge is 0.0991 e. The number of benzene rings is 1. The quantitative estimate of drug-likeness (QED) is 0.628. The van der Waals surface area contributed by atoms with Crippen molar-refractivity contribution in [1.82, 2.24) is 0 Å². The Labute approximate surface area is 99.0 Å². The Morgan fingerprint density at radius 1 is 1.12 bits per heavy atom. The molecule has 0 aliphatic carbocycles. The van der Waals surface area contributed by atoms with Crippen LogP contribution in [0, 0.1) is 5.41 Å². The monoisotopic (exact) mass is 212 g/mol. The van der Waals surface area contributed by atoms with E-state index in [1.807, 2.05) is 18.2 Å². The van der Waals surface area contributed by atoms with Crippen LogP contribution in [0.25, 0.3) is 6.08 Å². The lowest BCUT2D eigenvalue weighted by Gasteiger charge is -2.20. The maximum atomic E-state index is 3.71. The van der Waals surface area contributed by atoms with E-state index in [1.54, 1.807) is 0 Å². The van der Waals surface area contributed by atoms with Gasteiger partial charge in [0.2, 0.25) is 0 Å². The molecule has 0 bridgehead atoms. The molecule has 0 nitrogen and oxygen atoms in total. The van der Waals surface area contributed by atoms with E-state index >= 15 is 0 Å². The second kappa shape index (κ2) is 5.50. The predicted molar refractivity (Wildman–Crippen MR) is 73.2 cm³/mol. The first kappa shape index (κ1) is 12.5. The van der Waals surface area contributed by atoms with Crippen LogP contribution in [-0.4, -0.2) is 0 Å². The molecule has 0 unspecified atom stereocenters. The van der Waals surface area contributed by atoms with Crippen molar-refractivity contribution in [2.24, 2.45) is 5.41 Å². The van der Waals surface area contributed by atoms with E-state index in [-0.39, 0.29) is 5.41 Å². The smallest absolute Gasteiger partial charge is 0.0132 e. The minimum Gasteiger partial charge on any atom is -0.0991 e. The molecule has 0 aliphatic heterocycles. The van der Waals surface area contributed by atoms with Crippen LogP contribution in [0.4, 0.5) is 0 Å². The Morgan fingerprint density at radius 3 is 2.25 bits per heavy atom. The first-order valence-corrected chi connectivity index (χ1v) is 5.60. The molecule has 0 radical (unpaired) electrons. The molecule has 16 heavy (non-hydrogen) atoms. The molecule has 0 heteroatoms. The average Bonchev–Trinajstić information content (AvgIpc) is 2.24. The van der Waals surface area contributed by atoms with Crippen molar-refractivity contribution >= 4 is 6.08 Å². The topological polar surface area (TPSA) is 0 Å². The average molecular weight is 212 g/mol. The minimum absolute atomic E-state index is 0.148. The zero-order valence-electron chi connectivity index (χ0n) is 10.4. The summed E-state index contributed by atoms with van der Waals surface area (Å²) in [4.78, 5) is 0. The van der Waals surface area contributed by atoms with Gasteiger partial charge in [0.1, 0.15) is 0 Å². The fourth-order valence-electron chi connectivity index (χ4n) is 1.42. The third kappa shape index (κ3) is 3.90. The Kier molecular flexibility index (Phi) is 4.30. The molecule has 1 aromatic rings. The van der Waals surface area contributed by atoms with Crippen LogP contribution in [-0.2, 0) is 0 Å². The van der Waals surface area contributed by atoms with Gasteiger partial charge in [-0.2, -0.15) is 0 Å². The molecule has 0 saturated heterocycles. The van der Waals surface area contributed by atoms with Gasteiger partial charge in [0, 0.05) is 0 Å². The molecule has 0 spiro atoms. The van der Waals surface area contributed by atoms with E-state index in [9.17, 15) is 0 Å². The van der Waals surface area contributed by atoms with E-state index in [2.05, 4.69) is 63.8 Å². The molecule has 0 aromatic heterocycles. The van der Waals surface area contributed by atoms with Gasteiger partial charge >= 0.3 is 0 Å². The van der Waals surface area contributed by atoms with Gasteiger partial charge < -0.3 is 0 Å². The minimum atomic E-state index is 0.148. The van der Waals surface area contributed by atoms with Gasteiger partial charge in [-0.3, -0.25) is 0 Å². The number of rotatable bonds is 3. The van der Waals surface area contributed by atoms with E-state index in [0.717, 1.165) is 0 Å². The first-order valence-electron chi connectivity index (χ1n) is 5.60. The molecule has 0 N–H and O–H groups in total. The van der Waals surface area contributed by atoms with Crippen LogP contribution in [0.1, 0.15) is 26.3 Å². The molecule has 0 aliphatic rings. The predicted octanol–water partition coefficient (Wildman–Crippen LogP) is 4.86. The van der Waals surface area contributed by atoms with Gasteiger partial charge in [-0.15, -0.1) is 0 Å². The molecule has 0 heterocycles. The van der Waals surface area contributed by atoms with E-state index < -0.39 is 0 Å². The van der Waals surface area contributed by atoms with Gasteiger partial charge in [-0.25, -0.2) is 0 Å². The maximum Gasteiger partial charge on any atom is -0.0132 e. The lowest BCUT2D eigenvalue weighted by Crippen LogP contribution is -2.07. The third-order valence-electron chi connectivity index (χ3n) is 2.40. The lowest BCUT2D eigenvalue weighted by molar-refractivity contribution is 0.520. The van der Waals surface area contributed by atoms with E-state index in [0.29, 0.717) is 0 Å². The molecule has 1 aromatic carbocycles. The van der Waals surface area contributed by atoms with Crippen LogP contribution in [0.2, 0.25) is 0 Å². The highest BCUT2D eigenvalue weighted by Crippen LogP contribution is 2.28. The molecule has 0 fully saturated rings. The summed E-state index contributed by atoms with van der Waals surface area (Å²) in [5.74, 6) is 0. The van der Waals surface area contributed by atoms with Gasteiger partial charge in [0.05, 0.1) is 0 Å². The summed E-state index contributed by atoms with van der Waals surface area (Å²) in [6.45, 7) is 10.4. The van der Waals surface area contributed by atoms with Crippen LogP contribution >= 0.6 is 0 Å². The summed E-state index contributed by atoms with van der Waals surface area (Å²) < 4.78 is 0. The SMILES string of the molecule is C=CC=CC(=Cc1ccccc1)C(C)(C)C. The summed E-state index contributed by atoms with van der Waals surface area (Å²) in [7, 11) is 0. The maximum absolute atomic E-state index is 3.71. The summed E-state index contributed by atoms with van der Waals surface area (Å²) in [6.07, 6.45) is 8.14. The van der Waals surface area contributed by atoms with Crippen molar-refractivity contribution in [3.05, 3.63) is 66.3 Å². The molecule has 0 amide bonds. The van der Waals surface area contributed by atoms with E-state index in [4.69, 9.17) is 0 Å². The summed E-state index contributed by atoms with van der Waals surface area (Å²) >= 11 is 0. The second-order valence-corrected chi connectivity index (χ2v) is 4.86. The number of hydrogen-bond donors (Lipinski definition) is 0. The van der Waals surface area contributed by atoms with Crippen molar-refractivity contribution in [3.8, 4) is 0 Å². The van der Waals surface area contributed by atoms with Gasteiger partial charge in [0.15, 0.2) is 0 Å². The molecular formula is C16H20. The number of hydrogen-bond acceptors (Lipinski definition) is 0. The molecule has 84 valence electrons. The van der Waals surface area contributed by atoms with Crippen molar-refractivity contribution in [2.75, 3.05) is 0 Å². The first-order chi connectivity index (χ1) is 7.54. The Balaban J connectivity index is 3.07. The highest BCUT2D eigenvalue weighted by molar-refractivity contribution is 5.57. The van der Waals surface area contributed by atoms with Crippen molar-refractivity contribution < 1.29 is 0 Å². The highest BCUT2D eigenvalue weighted by Gasteiger charge is 2.13. The van der Waals surface area contributed by atoms with Crippen LogP contribution in [0.15, 0.2) is 60.7 Å². The Morgan fingerprint density at radius 2 is 1.75 bits per heavy atom. The summed E-state index contributed by atoms with van der Waals surface area (Å²) in [6, 6.07) is 10.4. The molecule has 0 atom stereocenters. The Hall–Kier alpha value is -1.56. The van der Waals surface area contributed by atoms with Crippen LogP contribution < -0.4 is 0 Å². The fourth-order valence-corrected chi connectivity index (χ4v) is 1.42. The van der Waals surface area contributed by atoms with Gasteiger partial charge in [-0.1, -0.05) is 82.0 Å². The molecule has 0 saturated carbocycles. The highest BCUT2D eigenvalue weighted by atomic mass is 14.2. The third-order valence-corrected chi connectivity index (χ3v) is 2.40. The summed E-state index contributed by atoms with van der Waals surface area (Å²) in [5, 5.41) is 0. The summed E-state index contributed by atoms with van der Waals surface area (Å²) in [5.41, 5.74) is 2.69. The zero-order valence-corrected chi connectivity index (χ0v) is 10.4. The van der Waals surface area contributed by atoms with Gasteiger partial charge in [0.25, 0.3) is 0 Å². The van der Waals surface area contributed by atoms with Gasteiger partial charge in [-0.05, 0) is 16.6 Å². The van der Waals surface area contributed by atoms with Crippen LogP contribution in [0.3, 0.4) is 0 Å². The second-order valence-electron chi connectivity index (χ2n) is 4.86. The molecular weight excluding hydrogens is 192 g/mol. The standard InChI is InChI=1S/C16H20/c1-5-6-12-15(16(2,3)4)13-14-10-8-7-9-11-14/h5-13H,1H2,2-4H3. The van der Waals surface area contributed by atoms with Crippen molar-refractivity contribution in [3.63, 3.8) is 0 Å². The lowest BCUT2D eigenvalue weighted by atomic mass is 9.85. The Bertz CT molecular complexity index is 386. The van der Waals surface area contributed by atoms with Crippen LogP contribution in [0.5, 0.6) is 0 Å². The van der Waals surface area contributed by atoms with Crippen molar-refractivity contribution in [2.45, 2.75) is 20.8 Å². The molecule has 1 rings (SSSR count). The zero-order chi connectivity index (χ0) is 12.0. The van der Waals surface area contributed by atoms with Crippen molar-refractivity contribution in [1.29, 1.82) is 0 Å².